The highest BCUT2D eigenvalue weighted by Crippen LogP contribution is 2.46. The third-order valence-electron chi connectivity index (χ3n) is 10.7. The maximum Gasteiger partial charge on any atom is 0.472 e. The number of imidazole rings is 1. The Morgan fingerprint density at radius 3 is 2.27 bits per heavy atom. The van der Waals surface area contributed by atoms with Crippen LogP contribution in [0.25, 0.3) is 0 Å². The smallest absolute Gasteiger partial charge is 0.369 e. The van der Waals surface area contributed by atoms with Gasteiger partial charge < -0.3 is 31.1 Å². The molecule has 1 unspecified atom stereocenters. The average Bonchev–Trinajstić information content (AvgIpc) is 3.89. The predicted octanol–water partition coefficient (Wildman–Crippen LogP) is 4.74. The fourth-order valence-corrected chi connectivity index (χ4v) is 8.30. The molecule has 328 valence electrons. The van der Waals surface area contributed by atoms with E-state index in [1.165, 1.54) is 43.8 Å². The molecule has 3 rings (SSSR count). The van der Waals surface area contributed by atoms with Gasteiger partial charge in [0.1, 0.15) is 6.04 Å². The van der Waals surface area contributed by atoms with Crippen LogP contribution in [-0.4, -0.2) is 92.3 Å². The van der Waals surface area contributed by atoms with Crippen molar-refractivity contribution in [2.24, 2.45) is 23.5 Å². The summed E-state index contributed by atoms with van der Waals surface area (Å²) in [6, 6.07) is 7.55. The van der Waals surface area contributed by atoms with Gasteiger partial charge in [0.05, 0.1) is 43.0 Å². The lowest BCUT2D eigenvalue weighted by Crippen LogP contribution is -2.51. The highest BCUT2D eigenvalue weighted by molar-refractivity contribution is 7.47. The van der Waals surface area contributed by atoms with Crippen LogP contribution >= 0.6 is 7.82 Å². The molecule has 1 fully saturated rings. The zero-order valence-electron chi connectivity index (χ0n) is 35.2. The molecule has 4 amide bonds. The number of carbonyl (C=O) groups excluding carboxylic acids is 6. The largest absolute Gasteiger partial charge is 0.472 e. The minimum absolute atomic E-state index is 0.0146. The molecule has 0 radical (unpaired) electrons. The molecule has 1 aromatic heterocycles. The Hall–Kier alpha value is -4.24. The summed E-state index contributed by atoms with van der Waals surface area (Å²) in [4.78, 5) is 97.6. The minimum Gasteiger partial charge on any atom is -0.369 e. The maximum absolute atomic E-state index is 13.8. The number of benzene rings is 1. The zero-order chi connectivity index (χ0) is 43.5. The molecule has 1 aliphatic heterocycles. The topological polar surface area (TPSA) is 240 Å². The lowest BCUT2D eigenvalue weighted by Gasteiger charge is -2.27. The fourth-order valence-electron chi connectivity index (χ4n) is 7.31. The van der Waals surface area contributed by atoms with E-state index < -0.39 is 73.8 Å². The van der Waals surface area contributed by atoms with Gasteiger partial charge in [-0.25, -0.2) is 9.55 Å². The number of H-pyrrole nitrogens is 1. The number of Topliss-reactive ketones (excluding diaryl/α,β-unsaturated/α-hetero) is 2. The number of phosphoric ester groups is 1. The predicted molar refractivity (Wildman–Crippen MR) is 221 cm³/mol. The van der Waals surface area contributed by atoms with Gasteiger partial charge in [0, 0.05) is 44.6 Å². The van der Waals surface area contributed by atoms with Crippen LogP contribution in [0.15, 0.2) is 42.9 Å². The second-order valence-electron chi connectivity index (χ2n) is 16.1. The second kappa shape index (κ2) is 24.7. The first-order valence-corrected chi connectivity index (χ1v) is 22.4. The summed E-state index contributed by atoms with van der Waals surface area (Å²) in [6.07, 6.45) is 8.94. The molecule has 1 aliphatic rings. The maximum atomic E-state index is 13.8. The first kappa shape index (κ1) is 49.1. The van der Waals surface area contributed by atoms with E-state index in [0.29, 0.717) is 37.9 Å². The summed E-state index contributed by atoms with van der Waals surface area (Å²) >= 11 is 0. The van der Waals surface area contributed by atoms with Crippen molar-refractivity contribution in [1.29, 1.82) is 0 Å². The summed E-state index contributed by atoms with van der Waals surface area (Å²) in [5, 5.41) is 5.48. The van der Waals surface area contributed by atoms with Gasteiger partial charge in [-0.3, -0.25) is 37.8 Å². The highest BCUT2D eigenvalue weighted by atomic mass is 31.2. The molecule has 0 saturated carbocycles. The van der Waals surface area contributed by atoms with Crippen LogP contribution in [0.1, 0.15) is 117 Å². The molecule has 0 bridgehead atoms. The Bertz CT molecular complexity index is 1710. The number of amides is 4. The molecule has 7 atom stereocenters. The van der Waals surface area contributed by atoms with Crippen molar-refractivity contribution in [2.45, 2.75) is 142 Å². The number of primary amides is 1. The summed E-state index contributed by atoms with van der Waals surface area (Å²) in [5.74, 6) is -5.47. The molecule has 6 N–H and O–H groups in total. The molecule has 17 heteroatoms. The van der Waals surface area contributed by atoms with Crippen LogP contribution in [-0.2, 0) is 55.2 Å². The number of phosphoric acid groups is 1. The van der Waals surface area contributed by atoms with Gasteiger partial charge in [-0.05, 0) is 63.9 Å². The van der Waals surface area contributed by atoms with Crippen LogP contribution in [0.5, 0.6) is 0 Å². The number of hydrogen-bond acceptors (Lipinski definition) is 10. The summed E-state index contributed by atoms with van der Waals surface area (Å²) < 4.78 is 23.1. The van der Waals surface area contributed by atoms with Crippen molar-refractivity contribution in [2.75, 3.05) is 13.2 Å². The van der Waals surface area contributed by atoms with E-state index in [2.05, 4.69) is 32.7 Å². The normalized spacial score (nSPS) is 17.7. The van der Waals surface area contributed by atoms with E-state index in [9.17, 15) is 38.2 Å². The lowest BCUT2D eigenvalue weighted by molar-refractivity contribution is -0.138. The van der Waals surface area contributed by atoms with E-state index in [1.807, 2.05) is 32.0 Å². The summed E-state index contributed by atoms with van der Waals surface area (Å²) in [5.41, 5.74) is 7.48. The molecule has 59 heavy (non-hydrogen) atoms. The Labute approximate surface area is 348 Å². The quantitative estimate of drug-likeness (QED) is 0.0579. The number of aromatic amines is 1. The van der Waals surface area contributed by atoms with Crippen LogP contribution in [0.4, 0.5) is 0 Å². The lowest BCUT2D eigenvalue weighted by atomic mass is 9.89. The van der Waals surface area contributed by atoms with Crippen molar-refractivity contribution in [3.63, 3.8) is 0 Å². The third-order valence-corrected chi connectivity index (χ3v) is 11.8. The Morgan fingerprint density at radius 2 is 1.64 bits per heavy atom. The molecule has 0 aliphatic carbocycles. The molecular weight excluding hydrogens is 779 g/mol. The average molecular weight is 845 g/mol. The van der Waals surface area contributed by atoms with Crippen molar-refractivity contribution in [3.8, 4) is 0 Å². The Balaban J connectivity index is 1.53. The molecular formula is C42H65N6O10P. The van der Waals surface area contributed by atoms with Gasteiger partial charge in [0.25, 0.3) is 0 Å². The Morgan fingerprint density at radius 1 is 0.966 bits per heavy atom. The molecule has 0 spiro atoms. The molecule has 2 aromatic rings. The number of nitrogens with two attached hydrogens (primary N) is 1. The molecule has 2 heterocycles. The summed E-state index contributed by atoms with van der Waals surface area (Å²) in [6.45, 7) is 8.40. The van der Waals surface area contributed by atoms with Crippen LogP contribution < -0.4 is 16.4 Å². The first-order chi connectivity index (χ1) is 28.0. The number of hydrogen-bond donors (Lipinski definition) is 5. The number of likely N-dealkylation sites (tertiary alicyclic amines) is 1. The fraction of sp³-hybridized carbons (Fsp3) is 0.643. The SMILES string of the molecule is CC(=O)N1CCC[C@H]1C(=O)N[C@@H](CC(C)C)C(=O)C[C@@H](Cc1cnc[nH]1)C(=O)N[C@@H](C)C(=O)C[C@H](C(N)=O)[C@@H](C)OP(=O)(O)OCCCCCCCCc1ccccc1. The van der Waals surface area contributed by atoms with Crippen LogP contribution in [0.2, 0.25) is 0 Å². The monoisotopic (exact) mass is 844 g/mol. The van der Waals surface area contributed by atoms with Gasteiger partial charge in [0.2, 0.25) is 23.6 Å². The van der Waals surface area contributed by atoms with E-state index in [4.69, 9.17) is 14.8 Å². The standard InChI is InChI=1S/C42H65N6O10P/c1-28(2)22-36(47-42(54)37-19-15-20-48(37)31(5)49)39(51)24-33(23-34-26-44-27-45-34)41(53)46-29(3)38(50)25-35(40(43)52)30(4)58-59(55,56)57-21-14-9-7-6-8-11-16-32-17-12-10-13-18-32/h10,12-13,17-18,26-30,33,35-37H,6-9,11,14-16,19-25H2,1-5H3,(H2,43,52)(H,44,45)(H,46,53)(H,47,54)(H,55,56)/t29-,30+,33+,35-,36-,37-/m0/s1. The third kappa shape index (κ3) is 17.5. The van der Waals surface area contributed by atoms with Gasteiger partial charge >= 0.3 is 7.82 Å². The van der Waals surface area contributed by atoms with E-state index >= 15 is 0 Å². The number of unbranched alkanes of at least 4 members (excludes halogenated alkanes) is 5. The molecule has 16 nitrogen and oxygen atoms in total. The van der Waals surface area contributed by atoms with Crippen LogP contribution in [0.3, 0.4) is 0 Å². The number of carbonyl (C=O) groups is 6. The number of ketones is 2. The highest BCUT2D eigenvalue weighted by Gasteiger charge is 2.37. The van der Waals surface area contributed by atoms with Crippen molar-refractivity contribution in [3.05, 3.63) is 54.1 Å². The number of nitrogens with one attached hydrogen (secondary N) is 3. The van der Waals surface area contributed by atoms with Crippen LogP contribution in [0, 0.1) is 17.8 Å². The minimum atomic E-state index is -4.60. The number of rotatable bonds is 28. The van der Waals surface area contributed by atoms with Gasteiger partial charge in [0.15, 0.2) is 11.6 Å². The van der Waals surface area contributed by atoms with E-state index in [-0.39, 0.29) is 37.1 Å². The van der Waals surface area contributed by atoms with Crippen molar-refractivity contribution in [1.82, 2.24) is 25.5 Å². The second-order valence-corrected chi connectivity index (χ2v) is 17.5. The van der Waals surface area contributed by atoms with Crippen molar-refractivity contribution < 1.29 is 47.3 Å². The molecule has 1 aromatic carbocycles. The van der Waals surface area contributed by atoms with Gasteiger partial charge in [-0.2, -0.15) is 0 Å². The summed E-state index contributed by atoms with van der Waals surface area (Å²) in [7, 11) is -4.60. The number of nitrogens with zero attached hydrogens (tertiary/aromatic N) is 2. The number of aryl methyl sites for hydroxylation is 1. The molecule has 1 saturated heterocycles. The van der Waals surface area contributed by atoms with Crippen molar-refractivity contribution >= 4 is 43.0 Å². The zero-order valence-corrected chi connectivity index (χ0v) is 36.1. The Kier molecular flexibility index (Phi) is 20.6. The van der Waals surface area contributed by atoms with E-state index in [1.54, 1.807) is 0 Å². The number of aromatic nitrogens is 2. The first-order valence-electron chi connectivity index (χ1n) is 20.9. The van der Waals surface area contributed by atoms with E-state index in [0.717, 1.165) is 38.5 Å². The van der Waals surface area contributed by atoms with Gasteiger partial charge in [-0.15, -0.1) is 0 Å². The van der Waals surface area contributed by atoms with Gasteiger partial charge in [-0.1, -0.05) is 69.9 Å².